The van der Waals surface area contributed by atoms with E-state index < -0.39 is 0 Å². The van der Waals surface area contributed by atoms with Gasteiger partial charge in [-0.25, -0.2) is 0 Å². The third kappa shape index (κ3) is 4.11. The molecular weight excluding hydrogens is 352 g/mol. The Balaban J connectivity index is 1.67. The summed E-state index contributed by atoms with van der Waals surface area (Å²) < 4.78 is 1.97. The smallest absolute Gasteiger partial charge is 0.240 e. The lowest BCUT2D eigenvalue weighted by atomic mass is 10.3. The average molecular weight is 373 g/mol. The number of thioether (sulfide) groups is 1. The van der Waals surface area contributed by atoms with Gasteiger partial charge in [0.25, 0.3) is 0 Å². The molecule has 0 aliphatic carbocycles. The van der Waals surface area contributed by atoms with E-state index in [1.54, 1.807) is 23.3 Å². The Kier molecular flexibility index (Phi) is 5.55. The maximum absolute atomic E-state index is 12.7. The molecule has 1 unspecified atom stereocenters. The van der Waals surface area contributed by atoms with Crippen molar-refractivity contribution in [3.05, 3.63) is 58.5 Å². The SMILES string of the molecule is CC(Sc1nnc(Cc2cccs2)n1C)C(=O)N(C)c1ccccc1. The molecule has 0 radical (unpaired) electrons. The summed E-state index contributed by atoms with van der Waals surface area (Å²) in [6.07, 6.45) is 0.758. The molecule has 0 saturated carbocycles. The number of hydrogen-bond donors (Lipinski definition) is 0. The van der Waals surface area contributed by atoms with Gasteiger partial charge >= 0.3 is 0 Å². The second-order valence-corrected chi connectivity index (χ2v) is 8.05. The summed E-state index contributed by atoms with van der Waals surface area (Å²) >= 11 is 3.14. The number of para-hydroxylation sites is 1. The van der Waals surface area contributed by atoms with Crippen molar-refractivity contribution in [1.82, 2.24) is 14.8 Å². The van der Waals surface area contributed by atoms with Crippen LogP contribution in [0.4, 0.5) is 5.69 Å². The highest BCUT2D eigenvalue weighted by Gasteiger charge is 2.22. The molecule has 1 atom stereocenters. The topological polar surface area (TPSA) is 51.0 Å². The molecule has 0 N–H and O–H groups in total. The summed E-state index contributed by atoms with van der Waals surface area (Å²) in [7, 11) is 3.75. The molecule has 0 aliphatic heterocycles. The first-order valence-electron chi connectivity index (χ1n) is 7.96. The zero-order chi connectivity index (χ0) is 17.8. The number of anilines is 1. The van der Waals surface area contributed by atoms with Crippen molar-refractivity contribution in [1.29, 1.82) is 0 Å². The maximum atomic E-state index is 12.7. The van der Waals surface area contributed by atoms with Gasteiger partial charge in [0.2, 0.25) is 5.91 Å². The van der Waals surface area contributed by atoms with Gasteiger partial charge in [0.1, 0.15) is 5.82 Å². The molecule has 0 saturated heterocycles. The van der Waals surface area contributed by atoms with Crippen LogP contribution in [0.5, 0.6) is 0 Å². The van der Waals surface area contributed by atoms with Crippen molar-refractivity contribution in [3.8, 4) is 0 Å². The Morgan fingerprint density at radius 3 is 2.68 bits per heavy atom. The standard InChI is InChI=1S/C18H20N4OS2/c1-13(17(23)21(2)14-8-5-4-6-9-14)25-18-20-19-16(22(18)3)12-15-10-7-11-24-15/h4-11,13H,12H2,1-3H3. The number of thiophene rings is 1. The van der Waals surface area contributed by atoms with Crippen LogP contribution in [0, 0.1) is 0 Å². The van der Waals surface area contributed by atoms with Gasteiger partial charge < -0.3 is 9.47 Å². The molecule has 0 aliphatic rings. The Bertz CT molecular complexity index is 830. The molecule has 25 heavy (non-hydrogen) atoms. The molecular formula is C18H20N4OS2. The highest BCUT2D eigenvalue weighted by molar-refractivity contribution is 8.00. The monoisotopic (exact) mass is 372 g/mol. The fraction of sp³-hybridized carbons (Fsp3) is 0.278. The van der Waals surface area contributed by atoms with E-state index in [0.717, 1.165) is 23.1 Å². The fourth-order valence-corrected chi connectivity index (χ4v) is 4.06. The predicted molar refractivity (Wildman–Crippen MR) is 103 cm³/mol. The number of carbonyl (C=O) groups excluding carboxylic acids is 1. The largest absolute Gasteiger partial charge is 0.315 e. The maximum Gasteiger partial charge on any atom is 0.240 e. The van der Waals surface area contributed by atoms with Crippen LogP contribution >= 0.6 is 23.1 Å². The second-order valence-electron chi connectivity index (χ2n) is 5.71. The van der Waals surface area contributed by atoms with Gasteiger partial charge in [-0.15, -0.1) is 21.5 Å². The van der Waals surface area contributed by atoms with Gasteiger partial charge in [0.05, 0.1) is 5.25 Å². The summed E-state index contributed by atoms with van der Waals surface area (Å²) in [6, 6.07) is 13.8. The number of hydrogen-bond acceptors (Lipinski definition) is 5. The van der Waals surface area contributed by atoms with Crippen molar-refractivity contribution >= 4 is 34.7 Å². The Labute approximate surface area is 155 Å². The molecule has 7 heteroatoms. The van der Waals surface area contributed by atoms with E-state index in [9.17, 15) is 4.79 Å². The molecule has 5 nitrogen and oxygen atoms in total. The third-order valence-electron chi connectivity index (χ3n) is 3.94. The first-order chi connectivity index (χ1) is 12.1. The van der Waals surface area contributed by atoms with E-state index in [0.29, 0.717) is 0 Å². The minimum absolute atomic E-state index is 0.0407. The Hall–Kier alpha value is -2.12. The van der Waals surface area contributed by atoms with Gasteiger partial charge in [-0.3, -0.25) is 4.79 Å². The van der Waals surface area contributed by atoms with Gasteiger partial charge in [-0.2, -0.15) is 0 Å². The van der Waals surface area contributed by atoms with E-state index in [1.165, 1.54) is 16.6 Å². The molecule has 3 rings (SSSR count). The van der Waals surface area contributed by atoms with Gasteiger partial charge in [-0.1, -0.05) is 36.0 Å². The van der Waals surface area contributed by atoms with Crippen LogP contribution in [0.3, 0.4) is 0 Å². The summed E-state index contributed by atoms with van der Waals surface area (Å²) in [4.78, 5) is 15.6. The van der Waals surface area contributed by atoms with Crippen LogP contribution < -0.4 is 4.90 Å². The van der Waals surface area contributed by atoms with Crippen LogP contribution in [0.1, 0.15) is 17.6 Å². The van der Waals surface area contributed by atoms with Crippen LogP contribution in [-0.2, 0) is 18.3 Å². The first kappa shape index (κ1) is 17.7. The van der Waals surface area contributed by atoms with Crippen molar-refractivity contribution < 1.29 is 4.79 Å². The van der Waals surface area contributed by atoms with Crippen molar-refractivity contribution in [2.45, 2.75) is 23.8 Å². The third-order valence-corrected chi connectivity index (χ3v) is 5.94. The van der Waals surface area contributed by atoms with E-state index in [2.05, 4.69) is 21.6 Å². The molecule has 0 fully saturated rings. The summed E-state index contributed by atoms with van der Waals surface area (Å²) in [5, 5.41) is 11.1. The van der Waals surface area contributed by atoms with Crippen molar-refractivity contribution in [2.24, 2.45) is 7.05 Å². The van der Waals surface area contributed by atoms with Crippen LogP contribution in [0.2, 0.25) is 0 Å². The summed E-state index contributed by atoms with van der Waals surface area (Å²) in [6.45, 7) is 1.90. The van der Waals surface area contributed by atoms with E-state index in [-0.39, 0.29) is 11.2 Å². The zero-order valence-corrected chi connectivity index (χ0v) is 16.0. The first-order valence-corrected chi connectivity index (χ1v) is 9.72. The summed E-state index contributed by atoms with van der Waals surface area (Å²) in [5.74, 6) is 0.944. The van der Waals surface area contributed by atoms with Crippen molar-refractivity contribution in [3.63, 3.8) is 0 Å². The molecule has 2 aromatic heterocycles. The van der Waals surface area contributed by atoms with Crippen molar-refractivity contribution in [2.75, 3.05) is 11.9 Å². The lowest BCUT2D eigenvalue weighted by molar-refractivity contribution is -0.117. The molecule has 130 valence electrons. The minimum atomic E-state index is -0.248. The highest BCUT2D eigenvalue weighted by Crippen LogP contribution is 2.25. The van der Waals surface area contributed by atoms with Crippen LogP contribution in [0.25, 0.3) is 0 Å². The lowest BCUT2D eigenvalue weighted by Crippen LogP contribution is -2.33. The molecule has 2 heterocycles. The fourth-order valence-electron chi connectivity index (χ4n) is 2.43. The number of aromatic nitrogens is 3. The number of nitrogens with zero attached hydrogens (tertiary/aromatic N) is 4. The number of amides is 1. The number of benzene rings is 1. The Morgan fingerprint density at radius 1 is 1.24 bits per heavy atom. The quantitative estimate of drug-likeness (QED) is 0.620. The van der Waals surface area contributed by atoms with E-state index in [4.69, 9.17) is 0 Å². The zero-order valence-electron chi connectivity index (χ0n) is 14.4. The molecule has 1 amide bonds. The minimum Gasteiger partial charge on any atom is -0.315 e. The second kappa shape index (κ2) is 7.84. The lowest BCUT2D eigenvalue weighted by Gasteiger charge is -2.20. The highest BCUT2D eigenvalue weighted by atomic mass is 32.2. The van der Waals surface area contributed by atoms with Gasteiger partial charge in [0, 0.05) is 31.1 Å². The normalized spacial score (nSPS) is 12.1. The van der Waals surface area contributed by atoms with Crippen LogP contribution in [0.15, 0.2) is 53.0 Å². The molecule has 1 aromatic carbocycles. The number of rotatable bonds is 6. The molecule has 0 spiro atoms. The summed E-state index contributed by atoms with van der Waals surface area (Å²) in [5.41, 5.74) is 0.885. The molecule has 0 bridgehead atoms. The van der Waals surface area contributed by atoms with E-state index in [1.807, 2.05) is 54.9 Å². The molecule has 3 aromatic rings. The van der Waals surface area contributed by atoms with Gasteiger partial charge in [0.15, 0.2) is 5.16 Å². The number of carbonyl (C=O) groups is 1. The average Bonchev–Trinajstić information content (AvgIpc) is 3.26. The Morgan fingerprint density at radius 2 is 2.00 bits per heavy atom. The predicted octanol–water partition coefficient (Wildman–Crippen LogP) is 3.61. The van der Waals surface area contributed by atoms with Crippen LogP contribution in [-0.4, -0.2) is 33.0 Å². The van der Waals surface area contributed by atoms with Gasteiger partial charge in [-0.05, 0) is 30.5 Å². The van der Waals surface area contributed by atoms with E-state index >= 15 is 0 Å².